The van der Waals surface area contributed by atoms with Gasteiger partial charge in [0, 0.05) is 6.54 Å². The highest BCUT2D eigenvalue weighted by atomic mass is 16.5. The Hall–Kier alpha value is -2.04. The molecule has 0 bridgehead atoms. The molecule has 0 aromatic heterocycles. The van der Waals surface area contributed by atoms with Gasteiger partial charge in [-0.1, -0.05) is 12.1 Å². The van der Waals surface area contributed by atoms with Crippen LogP contribution in [0.2, 0.25) is 0 Å². The number of hydrogen-bond donors (Lipinski definition) is 1. The van der Waals surface area contributed by atoms with Crippen LogP contribution >= 0.6 is 0 Å². The van der Waals surface area contributed by atoms with Crippen molar-refractivity contribution in [3.05, 3.63) is 24.3 Å². The fourth-order valence-corrected chi connectivity index (χ4v) is 1.89. The zero-order chi connectivity index (χ0) is 13.0. The van der Waals surface area contributed by atoms with Crippen LogP contribution in [0.25, 0.3) is 0 Å². The van der Waals surface area contributed by atoms with Gasteiger partial charge in [-0.25, -0.2) is 0 Å². The van der Waals surface area contributed by atoms with Crippen molar-refractivity contribution in [2.24, 2.45) is 0 Å². The summed E-state index contributed by atoms with van der Waals surface area (Å²) in [5.74, 6) is 0.390. The fraction of sp³-hybridized carbons (Fsp3) is 0.385. The Kier molecular flexibility index (Phi) is 3.82. The van der Waals surface area contributed by atoms with Gasteiger partial charge in [0.15, 0.2) is 0 Å². The molecule has 1 aliphatic rings. The third-order valence-electron chi connectivity index (χ3n) is 2.71. The monoisotopic (exact) mass is 248 g/mol. The number of rotatable bonds is 3. The van der Waals surface area contributed by atoms with Crippen LogP contribution in [-0.2, 0) is 9.59 Å². The highest BCUT2D eigenvalue weighted by molar-refractivity contribution is 6.00. The van der Waals surface area contributed by atoms with Crippen LogP contribution in [0.3, 0.4) is 0 Å². The van der Waals surface area contributed by atoms with E-state index in [-0.39, 0.29) is 24.8 Å². The number of anilines is 1. The van der Waals surface area contributed by atoms with E-state index in [2.05, 4.69) is 5.32 Å². The first-order valence-electron chi connectivity index (χ1n) is 6.01. The molecule has 0 unspecified atom stereocenters. The van der Waals surface area contributed by atoms with Crippen molar-refractivity contribution in [3.63, 3.8) is 0 Å². The van der Waals surface area contributed by atoms with Crippen molar-refractivity contribution < 1.29 is 14.3 Å². The summed E-state index contributed by atoms with van der Waals surface area (Å²) in [6, 6.07) is 7.26. The van der Waals surface area contributed by atoms with Crippen molar-refractivity contribution in [3.8, 4) is 5.75 Å². The Morgan fingerprint density at radius 3 is 3.00 bits per heavy atom. The van der Waals surface area contributed by atoms with Crippen LogP contribution in [0, 0.1) is 0 Å². The molecular formula is C13H16N2O3. The van der Waals surface area contributed by atoms with E-state index < -0.39 is 0 Å². The molecule has 96 valence electrons. The number of amides is 2. The van der Waals surface area contributed by atoms with Gasteiger partial charge >= 0.3 is 0 Å². The van der Waals surface area contributed by atoms with Crippen LogP contribution in [0.15, 0.2) is 24.3 Å². The van der Waals surface area contributed by atoms with E-state index in [1.807, 2.05) is 19.1 Å². The van der Waals surface area contributed by atoms with Gasteiger partial charge in [-0.05, 0) is 19.1 Å². The highest BCUT2D eigenvalue weighted by Gasteiger charge is 2.24. The summed E-state index contributed by atoms with van der Waals surface area (Å²) in [4.78, 5) is 25.1. The molecule has 1 heterocycles. The van der Waals surface area contributed by atoms with Gasteiger partial charge in [0.2, 0.25) is 11.8 Å². The number of ether oxygens (including phenoxy) is 1. The molecule has 2 amide bonds. The number of nitrogens with one attached hydrogen (secondary N) is 1. The molecule has 1 aromatic rings. The van der Waals surface area contributed by atoms with E-state index in [4.69, 9.17) is 4.74 Å². The number of fused-ring (bicyclic) bond motifs is 1. The lowest BCUT2D eigenvalue weighted by molar-refractivity contribution is -0.123. The molecule has 0 saturated heterocycles. The quantitative estimate of drug-likeness (QED) is 0.866. The maximum absolute atomic E-state index is 12.0. The van der Waals surface area contributed by atoms with E-state index in [0.717, 1.165) is 0 Å². The molecule has 0 atom stereocenters. The van der Waals surface area contributed by atoms with Gasteiger partial charge in [0.05, 0.1) is 18.7 Å². The molecule has 0 radical (unpaired) electrons. The number of carbonyl (C=O) groups is 2. The van der Waals surface area contributed by atoms with E-state index in [0.29, 0.717) is 24.6 Å². The maximum atomic E-state index is 12.0. The second-order valence-electron chi connectivity index (χ2n) is 4.00. The summed E-state index contributed by atoms with van der Waals surface area (Å²) >= 11 is 0. The molecule has 18 heavy (non-hydrogen) atoms. The normalized spacial score (nSPS) is 14.5. The van der Waals surface area contributed by atoms with Gasteiger partial charge < -0.3 is 10.1 Å². The van der Waals surface area contributed by atoms with Crippen molar-refractivity contribution in [1.29, 1.82) is 0 Å². The average molecular weight is 248 g/mol. The number of nitrogens with zero attached hydrogens (tertiary/aromatic N) is 1. The third kappa shape index (κ3) is 2.61. The van der Waals surface area contributed by atoms with Crippen molar-refractivity contribution >= 4 is 17.5 Å². The highest BCUT2D eigenvalue weighted by Crippen LogP contribution is 2.30. The van der Waals surface area contributed by atoms with Gasteiger partial charge in [-0.3, -0.25) is 14.5 Å². The minimum Gasteiger partial charge on any atom is -0.491 e. The lowest BCUT2D eigenvalue weighted by Gasteiger charge is -2.21. The molecule has 0 fully saturated rings. The summed E-state index contributed by atoms with van der Waals surface area (Å²) in [7, 11) is 0. The van der Waals surface area contributed by atoms with Crippen LogP contribution < -0.4 is 15.0 Å². The molecule has 1 aromatic carbocycles. The first kappa shape index (κ1) is 12.4. The van der Waals surface area contributed by atoms with Crippen molar-refractivity contribution in [2.75, 3.05) is 24.6 Å². The third-order valence-corrected chi connectivity index (χ3v) is 2.71. The average Bonchev–Trinajstić information content (AvgIpc) is 2.51. The fourth-order valence-electron chi connectivity index (χ4n) is 1.89. The van der Waals surface area contributed by atoms with Crippen LogP contribution in [-0.4, -0.2) is 31.5 Å². The van der Waals surface area contributed by atoms with E-state index >= 15 is 0 Å². The Morgan fingerprint density at radius 2 is 2.22 bits per heavy atom. The van der Waals surface area contributed by atoms with Crippen LogP contribution in [0.1, 0.15) is 13.3 Å². The Labute approximate surface area is 106 Å². The molecule has 1 aliphatic heterocycles. The predicted molar refractivity (Wildman–Crippen MR) is 67.6 cm³/mol. The van der Waals surface area contributed by atoms with Gasteiger partial charge in [0.1, 0.15) is 12.3 Å². The lowest BCUT2D eigenvalue weighted by Crippen LogP contribution is -2.40. The van der Waals surface area contributed by atoms with Crippen molar-refractivity contribution in [2.45, 2.75) is 13.3 Å². The molecule has 0 spiro atoms. The molecule has 5 heteroatoms. The Morgan fingerprint density at radius 1 is 1.44 bits per heavy atom. The standard InChI is InChI=1S/C13H16N2O3/c1-2-14-12(16)9-15-10-5-3-4-6-11(10)18-8-7-13(15)17/h3-6H,2,7-9H2,1H3,(H,14,16). The van der Waals surface area contributed by atoms with Gasteiger partial charge in [-0.15, -0.1) is 0 Å². The number of likely N-dealkylation sites (N-methyl/N-ethyl adjacent to an activating group) is 1. The number of hydrogen-bond acceptors (Lipinski definition) is 3. The number of para-hydroxylation sites is 2. The van der Waals surface area contributed by atoms with E-state index in [1.54, 1.807) is 12.1 Å². The van der Waals surface area contributed by atoms with Gasteiger partial charge in [-0.2, -0.15) is 0 Å². The molecule has 1 N–H and O–H groups in total. The summed E-state index contributed by atoms with van der Waals surface area (Å²) in [5, 5.41) is 2.69. The number of carbonyl (C=O) groups excluding carboxylic acids is 2. The van der Waals surface area contributed by atoms with E-state index in [1.165, 1.54) is 4.90 Å². The zero-order valence-corrected chi connectivity index (χ0v) is 10.3. The van der Waals surface area contributed by atoms with Crippen molar-refractivity contribution in [1.82, 2.24) is 5.32 Å². The Bertz CT molecular complexity index is 459. The van der Waals surface area contributed by atoms with Crippen LogP contribution in [0.5, 0.6) is 5.75 Å². The predicted octanol–water partition coefficient (Wildman–Crippen LogP) is 0.938. The van der Waals surface area contributed by atoms with E-state index in [9.17, 15) is 9.59 Å². The molecule has 0 saturated carbocycles. The SMILES string of the molecule is CCNC(=O)CN1C(=O)CCOc2ccccc21. The topological polar surface area (TPSA) is 58.6 Å². The zero-order valence-electron chi connectivity index (χ0n) is 10.3. The number of benzene rings is 1. The lowest BCUT2D eigenvalue weighted by atomic mass is 10.2. The summed E-state index contributed by atoms with van der Waals surface area (Å²) in [5.41, 5.74) is 0.659. The molecular weight excluding hydrogens is 232 g/mol. The maximum Gasteiger partial charge on any atom is 0.240 e. The first-order chi connectivity index (χ1) is 8.72. The van der Waals surface area contributed by atoms with Crippen LogP contribution in [0.4, 0.5) is 5.69 Å². The molecule has 5 nitrogen and oxygen atoms in total. The first-order valence-corrected chi connectivity index (χ1v) is 6.01. The summed E-state index contributed by atoms with van der Waals surface area (Å²) in [6.07, 6.45) is 0.286. The molecule has 0 aliphatic carbocycles. The minimum atomic E-state index is -0.164. The smallest absolute Gasteiger partial charge is 0.240 e. The molecule has 2 rings (SSSR count). The largest absolute Gasteiger partial charge is 0.491 e. The summed E-state index contributed by atoms with van der Waals surface area (Å²) in [6.45, 7) is 2.78. The second-order valence-corrected chi connectivity index (χ2v) is 4.00. The summed E-state index contributed by atoms with van der Waals surface area (Å²) < 4.78 is 5.50. The minimum absolute atomic E-state index is 0.0348. The van der Waals surface area contributed by atoms with Gasteiger partial charge in [0.25, 0.3) is 0 Å². The Balaban J connectivity index is 2.25. The second kappa shape index (κ2) is 5.53.